The Balaban J connectivity index is 3.35. The molecule has 1 atom stereocenters. The molecular weight excluding hydrogens is 371 g/mol. The van der Waals surface area contributed by atoms with Crippen molar-refractivity contribution in [1.29, 1.82) is 0 Å². The monoisotopic (exact) mass is 399 g/mol. The molecule has 0 aromatic carbocycles. The number of allylic oxidation sites excluding steroid dienone is 5. The van der Waals surface area contributed by atoms with Gasteiger partial charge in [-0.25, -0.2) is 0 Å². The lowest BCUT2D eigenvalue weighted by atomic mass is 9.98. The second-order valence-electron chi connectivity index (χ2n) is 6.68. The second kappa shape index (κ2) is 9.93. The highest BCUT2D eigenvalue weighted by atomic mass is 32.2. The van der Waals surface area contributed by atoms with Crippen LogP contribution in [-0.2, 0) is 0 Å². The van der Waals surface area contributed by atoms with Crippen LogP contribution in [0.25, 0.3) is 0 Å². The maximum atomic E-state index is 12.5. The third-order valence-electron chi connectivity index (χ3n) is 4.36. The molecule has 0 saturated carbocycles. The molecule has 0 spiro atoms. The number of thioether (sulfide) groups is 1. The van der Waals surface area contributed by atoms with Crippen molar-refractivity contribution in [2.24, 2.45) is 0 Å². The Morgan fingerprint density at radius 1 is 1.33 bits per heavy atom. The van der Waals surface area contributed by atoms with Crippen LogP contribution in [0.3, 0.4) is 0 Å². The molecule has 1 aliphatic rings. The van der Waals surface area contributed by atoms with E-state index in [1.54, 1.807) is 36.9 Å². The Bertz CT molecular complexity index is 695. The molecule has 1 unspecified atom stereocenters. The summed E-state index contributed by atoms with van der Waals surface area (Å²) >= 11 is 1.66. The minimum atomic E-state index is -4.22. The molecule has 0 bridgehead atoms. The molecular formula is C21H28F3NOS. The zero-order valence-electron chi connectivity index (χ0n) is 16.4. The van der Waals surface area contributed by atoms with Crippen molar-refractivity contribution in [3.8, 4) is 0 Å². The van der Waals surface area contributed by atoms with Gasteiger partial charge in [0.25, 0.3) is 0 Å². The van der Waals surface area contributed by atoms with E-state index in [1.807, 2.05) is 25.8 Å². The van der Waals surface area contributed by atoms with Crippen LogP contribution in [0.1, 0.15) is 27.2 Å². The Labute approximate surface area is 164 Å². The van der Waals surface area contributed by atoms with Crippen molar-refractivity contribution in [3.05, 3.63) is 71.2 Å². The summed E-state index contributed by atoms with van der Waals surface area (Å²) in [7, 11) is 1.87. The predicted octanol–water partition coefficient (Wildman–Crippen LogP) is 6.34. The molecule has 0 aromatic heterocycles. The highest BCUT2D eigenvalue weighted by Gasteiger charge is 2.25. The van der Waals surface area contributed by atoms with Gasteiger partial charge in [-0.15, -0.1) is 0 Å². The van der Waals surface area contributed by atoms with Gasteiger partial charge in [0.2, 0.25) is 0 Å². The van der Waals surface area contributed by atoms with Gasteiger partial charge in [-0.2, -0.15) is 24.9 Å². The van der Waals surface area contributed by atoms with Crippen molar-refractivity contribution < 1.29 is 18.3 Å². The van der Waals surface area contributed by atoms with E-state index in [4.69, 9.17) is 0 Å². The molecule has 2 nitrogen and oxygen atoms in total. The van der Waals surface area contributed by atoms with Gasteiger partial charge in [-0.3, -0.25) is 0 Å². The fourth-order valence-electron chi connectivity index (χ4n) is 2.68. The average molecular weight is 400 g/mol. The number of likely N-dealkylation sites (N-methyl/N-ethyl adjacent to an activating group) is 1. The number of hydrogen-bond donors (Lipinski definition) is 1. The van der Waals surface area contributed by atoms with Crippen LogP contribution in [-0.4, -0.2) is 40.8 Å². The quantitative estimate of drug-likeness (QED) is 0.561. The normalized spacial score (nSPS) is 25.6. The Hall–Kier alpha value is -1.82. The molecule has 27 heavy (non-hydrogen) atoms. The van der Waals surface area contributed by atoms with Crippen molar-refractivity contribution in [2.45, 2.75) is 39.4 Å². The standard InChI is InChI=1S/C21H28F3NOS/c1-14-12-27-13-15(2)19(8-7-11-21(22,23)24)18(5)25(6)20(17(14)4)10-9-16(3)26/h7-10,18,26H,1,4,11-13H2,2-3,5-6H3/b8-7-,16-9+,19-15-,20-10+. The van der Waals surface area contributed by atoms with Crippen LogP contribution in [0.15, 0.2) is 71.2 Å². The minimum Gasteiger partial charge on any atom is -0.513 e. The number of alkyl halides is 3. The second-order valence-corrected chi connectivity index (χ2v) is 7.66. The van der Waals surface area contributed by atoms with E-state index in [9.17, 15) is 18.3 Å². The van der Waals surface area contributed by atoms with E-state index < -0.39 is 12.6 Å². The Kier molecular flexibility index (Phi) is 8.54. The Morgan fingerprint density at radius 2 is 1.96 bits per heavy atom. The molecule has 0 aromatic rings. The third kappa shape index (κ3) is 7.37. The molecule has 1 N–H and O–H groups in total. The van der Waals surface area contributed by atoms with Crippen molar-refractivity contribution >= 4 is 11.8 Å². The van der Waals surface area contributed by atoms with Crippen molar-refractivity contribution in [3.63, 3.8) is 0 Å². The maximum absolute atomic E-state index is 12.5. The van der Waals surface area contributed by atoms with Crippen LogP contribution < -0.4 is 0 Å². The van der Waals surface area contributed by atoms with Crippen LogP contribution in [0.2, 0.25) is 0 Å². The first kappa shape index (κ1) is 23.2. The van der Waals surface area contributed by atoms with Gasteiger partial charge in [0.05, 0.1) is 18.2 Å². The molecule has 6 heteroatoms. The van der Waals surface area contributed by atoms with Gasteiger partial charge in [-0.1, -0.05) is 30.9 Å². The summed E-state index contributed by atoms with van der Waals surface area (Å²) in [6, 6.07) is -0.170. The fraction of sp³-hybridized carbons (Fsp3) is 0.429. The van der Waals surface area contributed by atoms with Gasteiger partial charge in [0.1, 0.15) is 0 Å². The predicted molar refractivity (Wildman–Crippen MR) is 110 cm³/mol. The zero-order chi connectivity index (χ0) is 20.8. The largest absolute Gasteiger partial charge is 0.513 e. The fourth-order valence-corrected chi connectivity index (χ4v) is 3.68. The zero-order valence-corrected chi connectivity index (χ0v) is 17.2. The molecule has 150 valence electrons. The van der Waals surface area contributed by atoms with Gasteiger partial charge >= 0.3 is 6.18 Å². The van der Waals surface area contributed by atoms with Crippen LogP contribution in [0.4, 0.5) is 13.2 Å². The van der Waals surface area contributed by atoms with Crippen LogP contribution in [0, 0.1) is 0 Å². The van der Waals surface area contributed by atoms with E-state index >= 15 is 0 Å². The molecule has 1 heterocycles. The molecule has 1 rings (SSSR count). The number of rotatable bonds is 3. The van der Waals surface area contributed by atoms with E-state index in [-0.39, 0.29) is 11.8 Å². The molecule has 0 fully saturated rings. The summed E-state index contributed by atoms with van der Waals surface area (Å²) in [6.45, 7) is 13.7. The minimum absolute atomic E-state index is 0.158. The molecule has 1 aliphatic heterocycles. The van der Waals surface area contributed by atoms with Gasteiger partial charge in [0, 0.05) is 24.3 Å². The van der Waals surface area contributed by atoms with E-state index in [1.165, 1.54) is 6.08 Å². The first-order valence-corrected chi connectivity index (χ1v) is 9.78. The number of hydrogen-bond acceptors (Lipinski definition) is 3. The number of aliphatic hydroxyl groups is 1. The third-order valence-corrected chi connectivity index (χ3v) is 5.55. The van der Waals surface area contributed by atoms with Crippen molar-refractivity contribution in [2.75, 3.05) is 18.6 Å². The van der Waals surface area contributed by atoms with Gasteiger partial charge in [-0.05, 0) is 49.6 Å². The Morgan fingerprint density at radius 3 is 2.52 bits per heavy atom. The molecule has 0 aliphatic carbocycles. The van der Waals surface area contributed by atoms with Crippen LogP contribution in [0.5, 0.6) is 0 Å². The lowest BCUT2D eigenvalue weighted by Gasteiger charge is -2.34. The number of aliphatic hydroxyl groups excluding tert-OH is 1. The van der Waals surface area contributed by atoms with E-state index in [2.05, 4.69) is 13.2 Å². The smallest absolute Gasteiger partial charge is 0.392 e. The summed E-state index contributed by atoms with van der Waals surface area (Å²) < 4.78 is 37.6. The first-order chi connectivity index (χ1) is 12.4. The summed E-state index contributed by atoms with van der Waals surface area (Å²) in [4.78, 5) is 1.96. The summed E-state index contributed by atoms with van der Waals surface area (Å²) in [6.07, 6.45) is 0.921. The van der Waals surface area contributed by atoms with Gasteiger partial charge < -0.3 is 10.0 Å². The summed E-state index contributed by atoms with van der Waals surface area (Å²) in [5.74, 6) is 1.55. The lowest BCUT2D eigenvalue weighted by Crippen LogP contribution is -2.32. The highest BCUT2D eigenvalue weighted by molar-refractivity contribution is 7.99. The maximum Gasteiger partial charge on any atom is 0.392 e. The van der Waals surface area contributed by atoms with Crippen LogP contribution >= 0.6 is 11.8 Å². The van der Waals surface area contributed by atoms with Crippen molar-refractivity contribution in [1.82, 2.24) is 4.90 Å². The number of halogens is 3. The molecule has 0 amide bonds. The van der Waals surface area contributed by atoms with E-state index in [0.29, 0.717) is 11.5 Å². The number of nitrogens with zero attached hydrogens (tertiary/aromatic N) is 1. The summed E-state index contributed by atoms with van der Waals surface area (Å²) in [5, 5.41) is 9.51. The molecule has 0 radical (unpaired) electrons. The molecule has 0 saturated heterocycles. The first-order valence-electron chi connectivity index (χ1n) is 8.62. The SMILES string of the molecule is C=C1CSC/C(C)=C(/C=C\CC(F)(F)F)C(C)N(C)/C(=C/C=C(\C)O)C1=C. The van der Waals surface area contributed by atoms with E-state index in [0.717, 1.165) is 28.0 Å². The topological polar surface area (TPSA) is 23.5 Å². The lowest BCUT2D eigenvalue weighted by molar-refractivity contribution is -0.125. The highest BCUT2D eigenvalue weighted by Crippen LogP contribution is 2.31. The van der Waals surface area contributed by atoms with Gasteiger partial charge in [0.15, 0.2) is 0 Å². The summed E-state index contributed by atoms with van der Waals surface area (Å²) in [5.41, 5.74) is 4.31. The average Bonchev–Trinajstić information content (AvgIpc) is 2.55.